The molecule has 1 aromatic rings. The molecule has 0 atom stereocenters. The lowest BCUT2D eigenvalue weighted by Crippen LogP contribution is -2.12. The molecule has 20 heavy (non-hydrogen) atoms. The maximum atomic E-state index is 5.24. The molecule has 1 aliphatic heterocycles. The van der Waals surface area contributed by atoms with Crippen LogP contribution in [0.25, 0.3) is 0 Å². The van der Waals surface area contributed by atoms with E-state index in [1.807, 2.05) is 23.5 Å². The number of benzene rings is 1. The zero-order valence-electron chi connectivity index (χ0n) is 12.3. The zero-order chi connectivity index (χ0) is 14.3. The molecule has 2 rings (SSSR count). The van der Waals surface area contributed by atoms with Crippen molar-refractivity contribution in [2.75, 3.05) is 18.6 Å². The molecule has 108 valence electrons. The van der Waals surface area contributed by atoms with Gasteiger partial charge in [0.05, 0.1) is 6.61 Å². The van der Waals surface area contributed by atoms with Gasteiger partial charge in [-0.1, -0.05) is 43.5 Å². The third kappa shape index (κ3) is 3.97. The van der Waals surface area contributed by atoms with Crippen LogP contribution in [-0.4, -0.2) is 18.6 Å². The Kier molecular flexibility index (Phi) is 6.35. The normalized spacial score (nSPS) is 16.7. The van der Waals surface area contributed by atoms with Crippen LogP contribution in [0.1, 0.15) is 37.3 Å². The highest BCUT2D eigenvalue weighted by molar-refractivity contribution is 8.20. The molecule has 0 N–H and O–H groups in total. The SMILES string of the molecule is CCCCC#CC1(c2cccc(COC)c2)SCCS1. The summed E-state index contributed by atoms with van der Waals surface area (Å²) in [5, 5.41) is 0. The Hall–Kier alpha value is -0.560. The van der Waals surface area contributed by atoms with Gasteiger partial charge in [-0.2, -0.15) is 0 Å². The Morgan fingerprint density at radius 3 is 2.80 bits per heavy atom. The van der Waals surface area contributed by atoms with Crippen molar-refractivity contribution in [2.24, 2.45) is 0 Å². The fourth-order valence-electron chi connectivity index (χ4n) is 2.20. The lowest BCUT2D eigenvalue weighted by Gasteiger charge is -2.22. The molecule has 1 fully saturated rings. The molecule has 1 saturated heterocycles. The van der Waals surface area contributed by atoms with Crippen molar-refractivity contribution in [1.82, 2.24) is 0 Å². The van der Waals surface area contributed by atoms with Gasteiger partial charge in [-0.05, 0) is 17.5 Å². The van der Waals surface area contributed by atoms with Crippen LogP contribution >= 0.6 is 23.5 Å². The summed E-state index contributed by atoms with van der Waals surface area (Å²) in [7, 11) is 1.74. The van der Waals surface area contributed by atoms with Gasteiger partial charge in [0.2, 0.25) is 0 Å². The number of ether oxygens (including phenoxy) is 1. The fourth-order valence-corrected chi connectivity index (χ4v) is 5.15. The van der Waals surface area contributed by atoms with Gasteiger partial charge in [-0.15, -0.1) is 29.4 Å². The van der Waals surface area contributed by atoms with Gasteiger partial charge in [0.25, 0.3) is 0 Å². The molecule has 0 spiro atoms. The summed E-state index contributed by atoms with van der Waals surface area (Å²) in [5.74, 6) is 9.31. The van der Waals surface area contributed by atoms with E-state index in [9.17, 15) is 0 Å². The largest absolute Gasteiger partial charge is 0.380 e. The summed E-state index contributed by atoms with van der Waals surface area (Å²) in [6.45, 7) is 2.88. The molecule has 1 heterocycles. The van der Waals surface area contributed by atoms with Gasteiger partial charge in [-0.25, -0.2) is 0 Å². The van der Waals surface area contributed by atoms with E-state index in [1.54, 1.807) is 7.11 Å². The second-order valence-electron chi connectivity index (χ2n) is 4.85. The molecule has 1 aliphatic rings. The van der Waals surface area contributed by atoms with Crippen molar-refractivity contribution in [3.63, 3.8) is 0 Å². The van der Waals surface area contributed by atoms with Crippen LogP contribution in [0.15, 0.2) is 24.3 Å². The Labute approximate surface area is 131 Å². The molecule has 0 radical (unpaired) electrons. The monoisotopic (exact) mass is 306 g/mol. The molecule has 0 bridgehead atoms. The summed E-state index contributed by atoms with van der Waals surface area (Å²) >= 11 is 3.95. The number of hydrogen-bond donors (Lipinski definition) is 0. The first-order chi connectivity index (χ1) is 9.80. The van der Waals surface area contributed by atoms with E-state index < -0.39 is 0 Å². The quantitative estimate of drug-likeness (QED) is 0.578. The minimum absolute atomic E-state index is 0.0580. The summed E-state index contributed by atoms with van der Waals surface area (Å²) in [4.78, 5) is 0. The maximum absolute atomic E-state index is 5.24. The Balaban J connectivity index is 2.22. The highest BCUT2D eigenvalue weighted by Crippen LogP contribution is 2.51. The van der Waals surface area contributed by atoms with Gasteiger partial charge >= 0.3 is 0 Å². The van der Waals surface area contributed by atoms with E-state index in [0.29, 0.717) is 6.61 Å². The number of unbranched alkanes of at least 4 members (excludes halogenated alkanes) is 2. The van der Waals surface area contributed by atoms with E-state index >= 15 is 0 Å². The second kappa shape index (κ2) is 8.02. The van der Waals surface area contributed by atoms with Crippen LogP contribution in [0.4, 0.5) is 0 Å². The van der Waals surface area contributed by atoms with Crippen LogP contribution in [0.2, 0.25) is 0 Å². The fraction of sp³-hybridized carbons (Fsp3) is 0.529. The first-order valence-electron chi connectivity index (χ1n) is 7.17. The van der Waals surface area contributed by atoms with E-state index in [-0.39, 0.29) is 4.08 Å². The molecule has 0 unspecified atom stereocenters. The van der Waals surface area contributed by atoms with Crippen LogP contribution in [0.3, 0.4) is 0 Å². The van der Waals surface area contributed by atoms with Gasteiger partial charge in [0, 0.05) is 25.0 Å². The van der Waals surface area contributed by atoms with Crippen LogP contribution < -0.4 is 0 Å². The molecular weight excluding hydrogens is 284 g/mol. The van der Waals surface area contributed by atoms with Crippen LogP contribution in [-0.2, 0) is 15.4 Å². The Morgan fingerprint density at radius 1 is 1.30 bits per heavy atom. The summed E-state index contributed by atoms with van der Waals surface area (Å²) in [5.41, 5.74) is 2.55. The summed E-state index contributed by atoms with van der Waals surface area (Å²) < 4.78 is 5.18. The third-order valence-corrected chi connectivity index (χ3v) is 6.49. The van der Waals surface area contributed by atoms with E-state index in [1.165, 1.54) is 35.5 Å². The van der Waals surface area contributed by atoms with Crippen molar-refractivity contribution in [1.29, 1.82) is 0 Å². The minimum atomic E-state index is -0.0580. The first kappa shape index (κ1) is 15.8. The Morgan fingerprint density at radius 2 is 2.10 bits per heavy atom. The van der Waals surface area contributed by atoms with Crippen molar-refractivity contribution in [3.05, 3.63) is 35.4 Å². The van der Waals surface area contributed by atoms with Gasteiger partial charge in [0.1, 0.15) is 4.08 Å². The summed E-state index contributed by atoms with van der Waals surface area (Å²) in [6.07, 6.45) is 3.42. The molecule has 0 amide bonds. The maximum Gasteiger partial charge on any atom is 0.147 e. The average molecular weight is 306 g/mol. The first-order valence-corrected chi connectivity index (χ1v) is 9.14. The molecular formula is C17H22OS2. The predicted octanol–water partition coefficient (Wildman–Crippen LogP) is 4.66. The van der Waals surface area contributed by atoms with Gasteiger partial charge in [-0.3, -0.25) is 0 Å². The Bertz CT molecular complexity index is 481. The number of hydrogen-bond acceptors (Lipinski definition) is 3. The van der Waals surface area contributed by atoms with Gasteiger partial charge < -0.3 is 4.74 Å². The van der Waals surface area contributed by atoms with E-state index in [0.717, 1.165) is 6.42 Å². The third-order valence-electron chi connectivity index (χ3n) is 3.22. The molecule has 0 aromatic heterocycles. The molecule has 1 nitrogen and oxygen atoms in total. The van der Waals surface area contributed by atoms with Crippen molar-refractivity contribution in [3.8, 4) is 11.8 Å². The standard InChI is InChI=1S/C17H22OS2/c1-3-4-5-6-10-17(19-11-12-20-17)16-9-7-8-15(13-16)14-18-2/h7-9,13H,3-5,11-12,14H2,1-2H3. The lowest BCUT2D eigenvalue weighted by atomic mass is 10.1. The topological polar surface area (TPSA) is 9.23 Å². The minimum Gasteiger partial charge on any atom is -0.380 e. The second-order valence-corrected chi connectivity index (χ2v) is 7.73. The average Bonchev–Trinajstić information content (AvgIpc) is 2.95. The number of rotatable bonds is 5. The molecule has 1 aromatic carbocycles. The highest BCUT2D eigenvalue weighted by atomic mass is 32.2. The van der Waals surface area contributed by atoms with E-state index in [2.05, 4.69) is 43.0 Å². The van der Waals surface area contributed by atoms with Crippen LogP contribution in [0.5, 0.6) is 0 Å². The lowest BCUT2D eigenvalue weighted by molar-refractivity contribution is 0.185. The molecule has 0 saturated carbocycles. The van der Waals surface area contributed by atoms with Crippen molar-refractivity contribution < 1.29 is 4.74 Å². The highest BCUT2D eigenvalue weighted by Gasteiger charge is 2.35. The van der Waals surface area contributed by atoms with E-state index in [4.69, 9.17) is 4.74 Å². The predicted molar refractivity (Wildman–Crippen MR) is 91.1 cm³/mol. The number of thioether (sulfide) groups is 2. The number of methoxy groups -OCH3 is 1. The summed E-state index contributed by atoms with van der Waals surface area (Å²) in [6, 6.07) is 8.70. The smallest absolute Gasteiger partial charge is 0.147 e. The van der Waals surface area contributed by atoms with Crippen LogP contribution in [0, 0.1) is 11.8 Å². The van der Waals surface area contributed by atoms with Gasteiger partial charge in [0.15, 0.2) is 0 Å². The van der Waals surface area contributed by atoms with Crippen molar-refractivity contribution >= 4 is 23.5 Å². The van der Waals surface area contributed by atoms with Crippen molar-refractivity contribution in [2.45, 2.75) is 36.9 Å². The zero-order valence-corrected chi connectivity index (χ0v) is 13.9. The molecule has 3 heteroatoms. The molecule has 0 aliphatic carbocycles.